The van der Waals surface area contributed by atoms with Gasteiger partial charge in [0.25, 0.3) is 0 Å². The van der Waals surface area contributed by atoms with E-state index in [2.05, 4.69) is 47.8 Å². The van der Waals surface area contributed by atoms with E-state index in [1.165, 1.54) is 11.6 Å². The quantitative estimate of drug-likeness (QED) is 0.662. The Morgan fingerprint density at radius 1 is 1.47 bits per heavy atom. The van der Waals surface area contributed by atoms with Gasteiger partial charge in [-0.25, -0.2) is 4.39 Å². The fourth-order valence-corrected chi connectivity index (χ4v) is 2.23. The van der Waals surface area contributed by atoms with Crippen molar-refractivity contribution in [2.24, 2.45) is 0 Å². The van der Waals surface area contributed by atoms with E-state index in [0.29, 0.717) is 0 Å². The fraction of sp³-hybridized carbons (Fsp3) is 0.333. The number of hydrogen-bond donors (Lipinski definition) is 1. The number of likely N-dealkylation sites (N-methyl/N-ethyl adjacent to an activating group) is 1. The van der Waals surface area contributed by atoms with Gasteiger partial charge in [-0.3, -0.25) is 0 Å². The maximum Gasteiger partial charge on any atom is 0.124 e. The van der Waals surface area contributed by atoms with Crippen LogP contribution in [0.5, 0.6) is 0 Å². The van der Waals surface area contributed by atoms with Crippen molar-refractivity contribution in [1.82, 2.24) is 5.32 Å². The summed E-state index contributed by atoms with van der Waals surface area (Å²) < 4.78 is 13.9. The summed E-state index contributed by atoms with van der Waals surface area (Å²) in [7, 11) is 1.91. The third-order valence-electron chi connectivity index (χ3n) is 2.11. The van der Waals surface area contributed by atoms with Crippen LogP contribution in [-0.2, 0) is 0 Å². The molecule has 0 bridgehead atoms. The molecule has 0 spiro atoms. The summed E-state index contributed by atoms with van der Waals surface area (Å²) in [4.78, 5) is 0. The number of nitrogens with one attached hydrogen (secondary N) is 1. The number of benzene rings is 1. The largest absolute Gasteiger partial charge is 0.310 e. The van der Waals surface area contributed by atoms with E-state index in [9.17, 15) is 4.39 Å². The lowest BCUT2D eigenvalue weighted by Crippen LogP contribution is -2.15. The van der Waals surface area contributed by atoms with Gasteiger partial charge in [-0.1, -0.05) is 17.7 Å². The van der Waals surface area contributed by atoms with Crippen molar-refractivity contribution in [2.75, 3.05) is 7.05 Å². The van der Waals surface area contributed by atoms with Crippen LogP contribution in [0.3, 0.4) is 0 Å². The van der Waals surface area contributed by atoms with Crippen molar-refractivity contribution < 1.29 is 4.39 Å². The lowest BCUT2D eigenvalue weighted by atomic mass is 10.0. The monoisotopic (exact) mass is 319 g/mol. The molecule has 0 aliphatic carbocycles. The normalized spacial score (nSPS) is 12.3. The van der Waals surface area contributed by atoms with Crippen LogP contribution in [0.1, 0.15) is 25.5 Å². The Kier molecular flexibility index (Phi) is 4.73. The lowest BCUT2D eigenvalue weighted by molar-refractivity contribution is 0.622. The molecule has 0 radical (unpaired) electrons. The van der Waals surface area contributed by atoms with Gasteiger partial charge in [-0.2, -0.15) is 0 Å². The second-order valence-electron chi connectivity index (χ2n) is 3.68. The van der Waals surface area contributed by atoms with E-state index >= 15 is 0 Å². The van der Waals surface area contributed by atoms with Gasteiger partial charge in [0.2, 0.25) is 0 Å². The average Bonchev–Trinajstić information content (AvgIpc) is 2.14. The molecular weight excluding hydrogens is 304 g/mol. The molecule has 0 amide bonds. The summed E-state index contributed by atoms with van der Waals surface area (Å²) in [6.07, 6.45) is 2.13. The summed E-state index contributed by atoms with van der Waals surface area (Å²) in [6.45, 7) is 4.11. The predicted octanol–water partition coefficient (Wildman–Crippen LogP) is 3.66. The Labute approximate surface area is 104 Å². The van der Waals surface area contributed by atoms with E-state index < -0.39 is 0 Å². The molecule has 1 nitrogen and oxygen atoms in total. The van der Waals surface area contributed by atoms with Gasteiger partial charge >= 0.3 is 0 Å². The molecule has 1 aromatic rings. The molecule has 1 aromatic carbocycles. The van der Waals surface area contributed by atoms with Gasteiger partial charge in [-0.15, -0.1) is 0 Å². The van der Waals surface area contributed by atoms with Crippen molar-refractivity contribution in [1.29, 1.82) is 0 Å². The van der Waals surface area contributed by atoms with Crippen molar-refractivity contribution in [3.8, 4) is 0 Å². The Bertz CT molecular complexity index is 370. The van der Waals surface area contributed by atoms with Crippen molar-refractivity contribution in [3.63, 3.8) is 0 Å². The first kappa shape index (κ1) is 12.6. The Hall–Kier alpha value is -0.420. The molecule has 0 saturated heterocycles. The van der Waals surface area contributed by atoms with E-state index in [-0.39, 0.29) is 11.9 Å². The summed E-state index contributed by atoms with van der Waals surface area (Å²) in [5.74, 6) is -0.185. The van der Waals surface area contributed by atoms with Crippen LogP contribution >= 0.6 is 22.6 Å². The number of allylic oxidation sites excluding steroid dienone is 1. The first-order chi connectivity index (χ1) is 7.04. The minimum atomic E-state index is -0.185. The summed E-state index contributed by atoms with van der Waals surface area (Å²) in [5, 5.41) is 3.21. The van der Waals surface area contributed by atoms with Gasteiger partial charge in [0.1, 0.15) is 5.82 Å². The van der Waals surface area contributed by atoms with Crippen LogP contribution in [0.25, 0.3) is 0 Å². The zero-order valence-electron chi connectivity index (χ0n) is 9.14. The van der Waals surface area contributed by atoms with Crippen molar-refractivity contribution in [3.05, 3.63) is 44.8 Å². The number of halogens is 2. The Morgan fingerprint density at radius 3 is 2.60 bits per heavy atom. The van der Waals surface area contributed by atoms with E-state index in [1.807, 2.05) is 13.1 Å². The molecule has 0 aliphatic rings. The van der Waals surface area contributed by atoms with Crippen LogP contribution in [0.4, 0.5) is 4.39 Å². The Balaban J connectivity index is 3.07. The molecule has 1 rings (SSSR count). The first-order valence-corrected chi connectivity index (χ1v) is 5.89. The second kappa shape index (κ2) is 5.61. The Morgan fingerprint density at radius 2 is 2.13 bits per heavy atom. The number of hydrogen-bond acceptors (Lipinski definition) is 1. The summed E-state index contributed by atoms with van der Waals surface area (Å²) in [5.41, 5.74) is 2.36. The SMILES string of the molecule is CNC(C=C(C)C)c1ccc(F)cc1I. The number of rotatable bonds is 3. The highest BCUT2D eigenvalue weighted by Crippen LogP contribution is 2.22. The third-order valence-corrected chi connectivity index (χ3v) is 3.04. The summed E-state index contributed by atoms with van der Waals surface area (Å²) >= 11 is 2.16. The van der Waals surface area contributed by atoms with Crippen LogP contribution < -0.4 is 5.32 Å². The zero-order valence-corrected chi connectivity index (χ0v) is 11.3. The van der Waals surface area contributed by atoms with E-state index in [1.54, 1.807) is 6.07 Å². The van der Waals surface area contributed by atoms with Crippen LogP contribution in [0, 0.1) is 9.39 Å². The summed E-state index contributed by atoms with van der Waals surface area (Å²) in [6, 6.07) is 5.04. The molecule has 3 heteroatoms. The van der Waals surface area contributed by atoms with E-state index in [4.69, 9.17) is 0 Å². The molecule has 0 aromatic heterocycles. The molecular formula is C12H15FIN. The van der Waals surface area contributed by atoms with Gasteiger partial charge < -0.3 is 5.32 Å². The smallest absolute Gasteiger partial charge is 0.124 e. The zero-order chi connectivity index (χ0) is 11.4. The highest BCUT2D eigenvalue weighted by molar-refractivity contribution is 14.1. The minimum absolute atomic E-state index is 0.155. The topological polar surface area (TPSA) is 12.0 Å². The molecule has 1 atom stereocenters. The molecule has 0 aliphatic heterocycles. The highest BCUT2D eigenvalue weighted by atomic mass is 127. The predicted molar refractivity (Wildman–Crippen MR) is 70.3 cm³/mol. The molecule has 0 fully saturated rings. The minimum Gasteiger partial charge on any atom is -0.310 e. The first-order valence-electron chi connectivity index (χ1n) is 4.82. The molecule has 1 unspecified atom stereocenters. The molecule has 0 saturated carbocycles. The molecule has 15 heavy (non-hydrogen) atoms. The highest BCUT2D eigenvalue weighted by Gasteiger charge is 2.10. The molecule has 1 N–H and O–H groups in total. The lowest BCUT2D eigenvalue weighted by Gasteiger charge is -2.15. The van der Waals surface area contributed by atoms with E-state index in [0.717, 1.165) is 9.13 Å². The van der Waals surface area contributed by atoms with Crippen molar-refractivity contribution in [2.45, 2.75) is 19.9 Å². The van der Waals surface area contributed by atoms with Crippen molar-refractivity contribution >= 4 is 22.6 Å². The van der Waals surface area contributed by atoms with Crippen LogP contribution in [0.15, 0.2) is 29.8 Å². The van der Waals surface area contributed by atoms with Gasteiger partial charge in [0, 0.05) is 3.57 Å². The second-order valence-corrected chi connectivity index (χ2v) is 4.84. The third kappa shape index (κ3) is 3.57. The standard InChI is InChI=1S/C12H15FIN/c1-8(2)6-12(15-3)10-5-4-9(13)7-11(10)14/h4-7,12,15H,1-3H3. The molecule has 0 heterocycles. The van der Waals surface area contributed by atoms with Crippen LogP contribution in [0.2, 0.25) is 0 Å². The fourth-order valence-electron chi connectivity index (χ4n) is 1.42. The maximum atomic E-state index is 12.9. The average molecular weight is 319 g/mol. The van der Waals surface area contributed by atoms with Crippen LogP contribution in [-0.4, -0.2) is 7.05 Å². The maximum absolute atomic E-state index is 12.9. The van der Waals surface area contributed by atoms with Gasteiger partial charge in [-0.05, 0) is 61.2 Å². The molecule has 82 valence electrons. The van der Waals surface area contributed by atoms with Gasteiger partial charge in [0.05, 0.1) is 6.04 Å². The van der Waals surface area contributed by atoms with Gasteiger partial charge in [0.15, 0.2) is 0 Å².